The second kappa shape index (κ2) is 3.37. The number of nitrogens with one attached hydrogen (secondary N) is 2. The highest BCUT2D eigenvalue weighted by Gasteiger charge is 2.52. The van der Waals surface area contributed by atoms with Gasteiger partial charge in [-0.05, 0) is 30.6 Å². The molecule has 3 N–H and O–H groups in total. The van der Waals surface area contributed by atoms with E-state index in [-0.39, 0.29) is 6.03 Å². The Kier molecular flexibility index (Phi) is 2.36. The van der Waals surface area contributed by atoms with Gasteiger partial charge in [-0.1, -0.05) is 13.8 Å². The van der Waals surface area contributed by atoms with E-state index in [1.54, 1.807) is 0 Å². The number of urea groups is 1. The predicted octanol–water partition coefficient (Wildman–Crippen LogP) is 0.949. The van der Waals surface area contributed by atoms with Crippen LogP contribution in [0.25, 0.3) is 0 Å². The first-order valence-electron chi connectivity index (χ1n) is 5.65. The molecule has 0 aromatic carbocycles. The van der Waals surface area contributed by atoms with Crippen LogP contribution in [0, 0.1) is 11.3 Å². The lowest BCUT2D eigenvalue weighted by Gasteiger charge is -2.13. The van der Waals surface area contributed by atoms with Crippen molar-refractivity contribution in [2.75, 3.05) is 6.54 Å². The summed E-state index contributed by atoms with van der Waals surface area (Å²) < 4.78 is 0. The average molecular weight is 226 g/mol. The average Bonchev–Trinajstić information content (AvgIpc) is 3.02. The molecule has 0 bridgehead atoms. The van der Waals surface area contributed by atoms with Crippen LogP contribution >= 0.6 is 0 Å². The van der Waals surface area contributed by atoms with Gasteiger partial charge in [0.05, 0.1) is 0 Å². The number of hydrogen-bond acceptors (Lipinski definition) is 2. The van der Waals surface area contributed by atoms with Crippen molar-refractivity contribution in [2.45, 2.75) is 38.6 Å². The molecule has 2 saturated carbocycles. The summed E-state index contributed by atoms with van der Waals surface area (Å²) in [6.07, 6.45) is 2.19. The van der Waals surface area contributed by atoms with Crippen molar-refractivity contribution in [2.24, 2.45) is 11.3 Å². The fourth-order valence-corrected chi connectivity index (χ4v) is 1.92. The molecule has 2 amide bonds. The van der Waals surface area contributed by atoms with Gasteiger partial charge in [0.1, 0.15) is 5.54 Å². The van der Waals surface area contributed by atoms with Crippen molar-refractivity contribution in [1.29, 1.82) is 0 Å². The molecule has 5 nitrogen and oxygen atoms in total. The summed E-state index contributed by atoms with van der Waals surface area (Å²) in [5.74, 6) is -0.410. The normalized spacial score (nSPS) is 28.0. The Morgan fingerprint density at radius 2 is 1.94 bits per heavy atom. The van der Waals surface area contributed by atoms with Crippen LogP contribution in [-0.4, -0.2) is 29.2 Å². The van der Waals surface area contributed by atoms with Gasteiger partial charge in [0, 0.05) is 6.54 Å². The van der Waals surface area contributed by atoms with E-state index in [0.29, 0.717) is 30.7 Å². The SMILES string of the molecule is CC1(C)CC1CNC(=O)NC1(C(=O)O)CC1. The molecule has 0 saturated heterocycles. The minimum Gasteiger partial charge on any atom is -0.480 e. The van der Waals surface area contributed by atoms with E-state index in [2.05, 4.69) is 24.5 Å². The lowest BCUT2D eigenvalue weighted by molar-refractivity contribution is -0.140. The minimum atomic E-state index is -0.983. The van der Waals surface area contributed by atoms with Crippen LogP contribution in [-0.2, 0) is 4.79 Å². The fraction of sp³-hybridized carbons (Fsp3) is 0.818. The van der Waals surface area contributed by atoms with Crippen LogP contribution in [0.3, 0.4) is 0 Å². The Labute approximate surface area is 94.6 Å². The molecule has 2 aliphatic rings. The number of carbonyl (C=O) groups is 2. The van der Waals surface area contributed by atoms with Crippen molar-refractivity contribution in [3.8, 4) is 0 Å². The van der Waals surface area contributed by atoms with Gasteiger partial charge >= 0.3 is 12.0 Å². The van der Waals surface area contributed by atoms with Crippen molar-refractivity contribution in [1.82, 2.24) is 10.6 Å². The molecule has 2 aliphatic carbocycles. The number of carbonyl (C=O) groups excluding carboxylic acids is 1. The Hall–Kier alpha value is -1.26. The van der Waals surface area contributed by atoms with Crippen LogP contribution < -0.4 is 10.6 Å². The van der Waals surface area contributed by atoms with Gasteiger partial charge in [-0.25, -0.2) is 9.59 Å². The predicted molar refractivity (Wildman–Crippen MR) is 58.0 cm³/mol. The molecule has 0 aromatic rings. The molecular weight excluding hydrogens is 208 g/mol. The molecule has 1 unspecified atom stereocenters. The van der Waals surface area contributed by atoms with Gasteiger partial charge in [-0.15, -0.1) is 0 Å². The summed E-state index contributed by atoms with van der Waals surface area (Å²) in [7, 11) is 0. The Morgan fingerprint density at radius 1 is 1.38 bits per heavy atom. The minimum absolute atomic E-state index is 0.331. The molecule has 0 spiro atoms. The monoisotopic (exact) mass is 226 g/mol. The largest absolute Gasteiger partial charge is 0.480 e. The third kappa shape index (κ3) is 2.13. The lowest BCUT2D eigenvalue weighted by Crippen LogP contribution is -2.48. The van der Waals surface area contributed by atoms with E-state index < -0.39 is 11.5 Å². The molecule has 2 fully saturated rings. The maximum absolute atomic E-state index is 11.5. The summed E-state index contributed by atoms with van der Waals surface area (Å²) in [5, 5.41) is 14.1. The Bertz CT molecular complexity index is 334. The molecule has 0 radical (unpaired) electrons. The maximum atomic E-state index is 11.5. The van der Waals surface area contributed by atoms with Crippen LogP contribution in [0.15, 0.2) is 0 Å². The summed E-state index contributed by atoms with van der Waals surface area (Å²) in [6, 6.07) is -0.359. The molecule has 16 heavy (non-hydrogen) atoms. The van der Waals surface area contributed by atoms with Crippen molar-refractivity contribution in [3.63, 3.8) is 0 Å². The maximum Gasteiger partial charge on any atom is 0.329 e. The third-order valence-corrected chi connectivity index (χ3v) is 3.74. The quantitative estimate of drug-likeness (QED) is 0.667. The molecule has 1 atom stereocenters. The molecule has 90 valence electrons. The zero-order valence-corrected chi connectivity index (χ0v) is 9.67. The lowest BCUT2D eigenvalue weighted by atomic mass is 10.1. The smallest absolute Gasteiger partial charge is 0.329 e. The van der Waals surface area contributed by atoms with Gasteiger partial charge < -0.3 is 15.7 Å². The van der Waals surface area contributed by atoms with E-state index in [0.717, 1.165) is 6.42 Å². The van der Waals surface area contributed by atoms with Gasteiger partial charge in [0.25, 0.3) is 0 Å². The molecule has 2 rings (SSSR count). The van der Waals surface area contributed by atoms with Crippen molar-refractivity contribution >= 4 is 12.0 Å². The molecular formula is C11H18N2O3. The molecule has 0 aliphatic heterocycles. The molecule has 0 heterocycles. The van der Waals surface area contributed by atoms with Crippen LogP contribution in [0.1, 0.15) is 33.1 Å². The number of carboxylic acid groups (broad SMARTS) is 1. The highest BCUT2D eigenvalue weighted by atomic mass is 16.4. The second-order valence-corrected chi connectivity index (χ2v) is 5.61. The topological polar surface area (TPSA) is 78.4 Å². The van der Waals surface area contributed by atoms with E-state index in [1.807, 2.05) is 0 Å². The van der Waals surface area contributed by atoms with E-state index >= 15 is 0 Å². The number of amides is 2. The highest BCUT2D eigenvalue weighted by Crippen LogP contribution is 2.50. The van der Waals surface area contributed by atoms with Gasteiger partial charge in [-0.3, -0.25) is 0 Å². The first-order chi connectivity index (χ1) is 7.36. The fourth-order valence-electron chi connectivity index (χ4n) is 1.92. The first-order valence-corrected chi connectivity index (χ1v) is 5.65. The zero-order chi connectivity index (χ0) is 12.0. The zero-order valence-electron chi connectivity index (χ0n) is 9.67. The van der Waals surface area contributed by atoms with E-state index in [9.17, 15) is 9.59 Å². The van der Waals surface area contributed by atoms with Crippen LogP contribution in [0.5, 0.6) is 0 Å². The standard InChI is InChI=1S/C11H18N2O3/c1-10(2)5-7(10)6-12-9(16)13-11(3-4-11)8(14)15/h7H,3-6H2,1-2H3,(H,14,15)(H2,12,13,16). The first kappa shape index (κ1) is 11.2. The molecule has 5 heteroatoms. The van der Waals surface area contributed by atoms with Crippen LogP contribution in [0.4, 0.5) is 4.79 Å². The van der Waals surface area contributed by atoms with Gasteiger partial charge in [0.2, 0.25) is 0 Å². The summed E-state index contributed by atoms with van der Waals surface area (Å²) in [6.45, 7) is 4.96. The van der Waals surface area contributed by atoms with Gasteiger partial charge in [0.15, 0.2) is 0 Å². The number of rotatable bonds is 4. The summed E-state index contributed by atoms with van der Waals surface area (Å²) in [5.41, 5.74) is -0.652. The van der Waals surface area contributed by atoms with Crippen molar-refractivity contribution < 1.29 is 14.7 Å². The third-order valence-electron chi connectivity index (χ3n) is 3.74. The number of carboxylic acids is 1. The van der Waals surface area contributed by atoms with Gasteiger partial charge in [-0.2, -0.15) is 0 Å². The van der Waals surface area contributed by atoms with Crippen LogP contribution in [0.2, 0.25) is 0 Å². The van der Waals surface area contributed by atoms with Crippen molar-refractivity contribution in [3.05, 3.63) is 0 Å². The molecule has 0 aromatic heterocycles. The summed E-state index contributed by atoms with van der Waals surface area (Å²) in [4.78, 5) is 22.3. The van der Waals surface area contributed by atoms with E-state index in [1.165, 1.54) is 0 Å². The number of aliphatic carboxylic acids is 1. The number of hydrogen-bond donors (Lipinski definition) is 3. The highest BCUT2D eigenvalue weighted by molar-refractivity contribution is 5.88. The Morgan fingerprint density at radius 3 is 2.31 bits per heavy atom. The summed E-state index contributed by atoms with van der Waals surface area (Å²) >= 11 is 0. The van der Waals surface area contributed by atoms with E-state index in [4.69, 9.17) is 5.11 Å². The second-order valence-electron chi connectivity index (χ2n) is 5.61. The Balaban J connectivity index is 1.72.